The molecule has 0 saturated carbocycles. The van der Waals surface area contributed by atoms with Crippen LogP contribution in [0.1, 0.15) is 18.4 Å². The molecule has 3 rings (SSSR count). The molecule has 7 heteroatoms. The van der Waals surface area contributed by atoms with Crippen molar-refractivity contribution in [3.05, 3.63) is 54.1 Å². The molecule has 7 nitrogen and oxygen atoms in total. The number of rotatable bonds is 7. The van der Waals surface area contributed by atoms with E-state index < -0.39 is 6.04 Å². The summed E-state index contributed by atoms with van der Waals surface area (Å²) in [6.07, 6.45) is 2.37. The van der Waals surface area contributed by atoms with Crippen molar-refractivity contribution >= 4 is 17.6 Å². The molecule has 0 spiro atoms. The Kier molecular flexibility index (Phi) is 6.94. The van der Waals surface area contributed by atoms with Gasteiger partial charge in [-0.2, -0.15) is 0 Å². The zero-order chi connectivity index (χ0) is 20.6. The highest BCUT2D eigenvalue weighted by molar-refractivity contribution is 5.98. The van der Waals surface area contributed by atoms with Gasteiger partial charge in [0, 0.05) is 25.6 Å². The predicted octanol–water partition coefficient (Wildman–Crippen LogP) is 3.06. The fourth-order valence-electron chi connectivity index (χ4n) is 3.35. The van der Waals surface area contributed by atoms with Crippen LogP contribution < -0.4 is 20.1 Å². The van der Waals surface area contributed by atoms with Gasteiger partial charge in [-0.05, 0) is 30.5 Å². The van der Waals surface area contributed by atoms with Crippen molar-refractivity contribution in [1.82, 2.24) is 10.2 Å². The summed E-state index contributed by atoms with van der Waals surface area (Å²) in [5.41, 5.74) is 1.46. The van der Waals surface area contributed by atoms with Crippen molar-refractivity contribution < 1.29 is 19.1 Å². The quantitative estimate of drug-likeness (QED) is 0.753. The maximum absolute atomic E-state index is 13.1. The van der Waals surface area contributed by atoms with Crippen molar-refractivity contribution in [1.29, 1.82) is 0 Å². The Morgan fingerprint density at radius 2 is 1.76 bits per heavy atom. The van der Waals surface area contributed by atoms with E-state index in [4.69, 9.17) is 9.47 Å². The third kappa shape index (κ3) is 5.40. The number of hydrogen-bond acceptors (Lipinski definition) is 4. The van der Waals surface area contributed by atoms with E-state index in [1.54, 1.807) is 30.2 Å². The molecular formula is C22H27N3O4. The van der Waals surface area contributed by atoms with Gasteiger partial charge in [-0.1, -0.05) is 30.3 Å². The molecule has 1 heterocycles. The molecule has 3 amide bonds. The van der Waals surface area contributed by atoms with Crippen molar-refractivity contribution in [3.63, 3.8) is 0 Å². The number of benzene rings is 2. The van der Waals surface area contributed by atoms with E-state index in [0.29, 0.717) is 23.6 Å². The average Bonchev–Trinajstić information content (AvgIpc) is 3.29. The monoisotopic (exact) mass is 397 g/mol. The fourth-order valence-corrected chi connectivity index (χ4v) is 3.35. The van der Waals surface area contributed by atoms with Gasteiger partial charge in [-0.25, -0.2) is 4.79 Å². The van der Waals surface area contributed by atoms with Crippen LogP contribution in [0.2, 0.25) is 0 Å². The molecule has 0 radical (unpaired) electrons. The van der Waals surface area contributed by atoms with E-state index in [-0.39, 0.29) is 11.9 Å². The molecule has 1 fully saturated rings. The Balaban J connectivity index is 1.78. The summed E-state index contributed by atoms with van der Waals surface area (Å²) in [5, 5.41) is 5.77. The molecule has 0 aromatic heterocycles. The van der Waals surface area contributed by atoms with Crippen LogP contribution in [-0.4, -0.2) is 50.2 Å². The van der Waals surface area contributed by atoms with E-state index in [1.165, 1.54) is 7.11 Å². The van der Waals surface area contributed by atoms with Gasteiger partial charge in [0.1, 0.15) is 17.5 Å². The number of nitrogens with zero attached hydrogens (tertiary/aromatic N) is 1. The van der Waals surface area contributed by atoms with Crippen molar-refractivity contribution in [2.24, 2.45) is 0 Å². The molecule has 0 unspecified atom stereocenters. The Morgan fingerprint density at radius 3 is 2.41 bits per heavy atom. The number of hydrogen-bond donors (Lipinski definition) is 2. The molecule has 1 atom stereocenters. The van der Waals surface area contributed by atoms with Crippen molar-refractivity contribution in [3.8, 4) is 11.5 Å². The van der Waals surface area contributed by atoms with Crippen molar-refractivity contribution in [2.45, 2.75) is 25.3 Å². The number of likely N-dealkylation sites (tertiary alicyclic amines) is 1. The largest absolute Gasteiger partial charge is 0.497 e. The second-order valence-corrected chi connectivity index (χ2v) is 6.94. The second kappa shape index (κ2) is 9.82. The zero-order valence-corrected chi connectivity index (χ0v) is 16.8. The first-order valence-corrected chi connectivity index (χ1v) is 9.73. The highest BCUT2D eigenvalue weighted by atomic mass is 16.5. The number of nitrogens with one attached hydrogen (secondary N) is 2. The lowest BCUT2D eigenvalue weighted by atomic mass is 10.1. The van der Waals surface area contributed by atoms with Gasteiger partial charge in [-0.3, -0.25) is 4.79 Å². The Morgan fingerprint density at radius 1 is 1.03 bits per heavy atom. The van der Waals surface area contributed by atoms with Crippen LogP contribution in [0.4, 0.5) is 10.5 Å². The number of urea groups is 1. The van der Waals surface area contributed by atoms with Crippen molar-refractivity contribution in [2.75, 3.05) is 32.6 Å². The fraction of sp³-hybridized carbons (Fsp3) is 0.364. The van der Waals surface area contributed by atoms with Gasteiger partial charge >= 0.3 is 6.03 Å². The number of carbonyl (C=O) groups excluding carboxylic acids is 2. The molecule has 2 N–H and O–H groups in total. The summed E-state index contributed by atoms with van der Waals surface area (Å²) in [7, 11) is 3.09. The van der Waals surface area contributed by atoms with Gasteiger partial charge in [0.05, 0.1) is 19.9 Å². The van der Waals surface area contributed by atoms with E-state index in [1.807, 2.05) is 30.3 Å². The normalized spacial score (nSPS) is 14.2. The molecule has 1 saturated heterocycles. The number of amides is 3. The minimum atomic E-state index is -0.721. The topological polar surface area (TPSA) is 79.9 Å². The number of carbonyl (C=O) groups is 2. The molecule has 0 aliphatic carbocycles. The van der Waals surface area contributed by atoms with Crippen LogP contribution in [0.3, 0.4) is 0 Å². The second-order valence-electron chi connectivity index (χ2n) is 6.94. The first-order valence-electron chi connectivity index (χ1n) is 9.73. The predicted molar refractivity (Wildman–Crippen MR) is 111 cm³/mol. The summed E-state index contributed by atoms with van der Waals surface area (Å²) < 4.78 is 10.6. The minimum Gasteiger partial charge on any atom is -0.497 e. The van der Waals surface area contributed by atoms with E-state index >= 15 is 0 Å². The summed E-state index contributed by atoms with van der Waals surface area (Å²) in [5.74, 6) is 0.804. The van der Waals surface area contributed by atoms with E-state index in [9.17, 15) is 9.59 Å². The number of ether oxygens (including phenoxy) is 2. The Bertz CT molecular complexity index is 835. The standard InChI is InChI=1S/C22H27N3O4/c1-28-17-10-11-20(29-2)18(15-17)23-21(26)19(14-16-8-4-3-5-9-16)24-22(27)25-12-6-7-13-25/h3-5,8-11,15,19H,6-7,12-14H2,1-2H3,(H,23,26)(H,24,27)/t19-/m0/s1. The third-order valence-corrected chi connectivity index (χ3v) is 4.95. The van der Waals surface area contributed by atoms with Gasteiger partial charge < -0.3 is 25.0 Å². The van der Waals surface area contributed by atoms with Crippen LogP contribution in [-0.2, 0) is 11.2 Å². The number of methoxy groups -OCH3 is 2. The molecular weight excluding hydrogens is 370 g/mol. The molecule has 0 bridgehead atoms. The molecule has 2 aromatic carbocycles. The highest BCUT2D eigenvalue weighted by Crippen LogP contribution is 2.29. The van der Waals surface area contributed by atoms with Crippen LogP contribution in [0.5, 0.6) is 11.5 Å². The van der Waals surface area contributed by atoms with Gasteiger partial charge in [-0.15, -0.1) is 0 Å². The molecule has 1 aliphatic heterocycles. The molecule has 2 aromatic rings. The van der Waals surface area contributed by atoms with Crippen LogP contribution in [0, 0.1) is 0 Å². The first kappa shape index (κ1) is 20.5. The maximum Gasteiger partial charge on any atom is 0.318 e. The number of anilines is 1. The third-order valence-electron chi connectivity index (χ3n) is 4.95. The first-order chi connectivity index (χ1) is 14.1. The maximum atomic E-state index is 13.1. The van der Waals surface area contributed by atoms with Gasteiger partial charge in [0.15, 0.2) is 0 Å². The lowest BCUT2D eigenvalue weighted by Crippen LogP contribution is -2.49. The average molecular weight is 397 g/mol. The Hall–Kier alpha value is -3.22. The van der Waals surface area contributed by atoms with Crippen LogP contribution in [0.25, 0.3) is 0 Å². The summed E-state index contributed by atoms with van der Waals surface area (Å²) in [4.78, 5) is 27.5. The van der Waals surface area contributed by atoms with Crippen LogP contribution in [0.15, 0.2) is 48.5 Å². The lowest BCUT2D eigenvalue weighted by Gasteiger charge is -2.23. The molecule has 154 valence electrons. The minimum absolute atomic E-state index is 0.212. The van der Waals surface area contributed by atoms with Gasteiger partial charge in [0.25, 0.3) is 0 Å². The smallest absolute Gasteiger partial charge is 0.318 e. The SMILES string of the molecule is COc1ccc(OC)c(NC(=O)[C@H](Cc2ccccc2)NC(=O)N2CCCC2)c1. The zero-order valence-electron chi connectivity index (χ0n) is 16.8. The van der Waals surface area contributed by atoms with Gasteiger partial charge in [0.2, 0.25) is 5.91 Å². The molecule has 29 heavy (non-hydrogen) atoms. The summed E-state index contributed by atoms with van der Waals surface area (Å²) >= 11 is 0. The lowest BCUT2D eigenvalue weighted by molar-refractivity contribution is -0.118. The Labute approximate surface area is 171 Å². The van der Waals surface area contributed by atoms with E-state index in [0.717, 1.165) is 31.5 Å². The molecule has 1 aliphatic rings. The van der Waals surface area contributed by atoms with Crippen LogP contribution >= 0.6 is 0 Å². The summed E-state index contributed by atoms with van der Waals surface area (Å²) in [6, 6.07) is 13.9. The summed E-state index contributed by atoms with van der Waals surface area (Å²) in [6.45, 7) is 1.43. The highest BCUT2D eigenvalue weighted by Gasteiger charge is 2.26. The van der Waals surface area contributed by atoms with E-state index in [2.05, 4.69) is 10.6 Å².